The average molecular weight is 368 g/mol. The Hall–Kier alpha value is -2.24. The Morgan fingerprint density at radius 1 is 1.26 bits per heavy atom. The van der Waals surface area contributed by atoms with Crippen molar-refractivity contribution in [3.8, 4) is 0 Å². The lowest BCUT2D eigenvalue weighted by atomic mass is 9.72. The molecule has 1 aliphatic heterocycles. The van der Waals surface area contributed by atoms with Crippen LogP contribution in [0.15, 0.2) is 42.5 Å². The molecule has 27 heavy (non-hydrogen) atoms. The molecule has 0 radical (unpaired) electrons. The fourth-order valence-electron chi connectivity index (χ4n) is 4.62. The summed E-state index contributed by atoms with van der Waals surface area (Å²) in [7, 11) is 0. The predicted molar refractivity (Wildman–Crippen MR) is 102 cm³/mol. The summed E-state index contributed by atoms with van der Waals surface area (Å²) in [5.41, 5.74) is 3.02. The summed E-state index contributed by atoms with van der Waals surface area (Å²) in [5.74, 6) is -0.511. The van der Waals surface area contributed by atoms with Crippen LogP contribution in [-0.4, -0.2) is 30.2 Å². The van der Waals surface area contributed by atoms with Gasteiger partial charge in [0.2, 0.25) is 5.91 Å². The molecule has 2 aromatic carbocycles. The summed E-state index contributed by atoms with van der Waals surface area (Å²) in [5, 5.41) is 17.5. The Bertz CT molecular complexity index is 861. The van der Waals surface area contributed by atoms with Gasteiger partial charge in [0.1, 0.15) is 5.82 Å². The number of aliphatic hydroxyl groups excluding tert-OH is 1. The van der Waals surface area contributed by atoms with Crippen LogP contribution >= 0.6 is 0 Å². The normalized spacial score (nSPS) is 23.2. The molecule has 0 aromatic heterocycles. The lowest BCUT2D eigenvalue weighted by Gasteiger charge is -2.38. The highest BCUT2D eigenvalue weighted by atomic mass is 19.1. The maximum Gasteiger partial charge on any atom is 0.224 e. The van der Waals surface area contributed by atoms with Gasteiger partial charge < -0.3 is 15.7 Å². The van der Waals surface area contributed by atoms with Crippen LogP contribution in [0.2, 0.25) is 0 Å². The third kappa shape index (κ3) is 3.15. The number of nitrogens with one attached hydrogen (secondary N) is 2. The van der Waals surface area contributed by atoms with Crippen LogP contribution < -0.4 is 10.6 Å². The number of piperidine rings is 1. The molecule has 2 aromatic rings. The molecule has 142 valence electrons. The first-order valence-corrected chi connectivity index (χ1v) is 9.54. The largest absolute Gasteiger partial charge is 0.390 e. The number of fused-ring (bicyclic) bond motifs is 2. The Kier molecular flexibility index (Phi) is 4.74. The first-order chi connectivity index (χ1) is 13.0. The summed E-state index contributed by atoms with van der Waals surface area (Å²) in [6.07, 6.45) is 1.13. The lowest BCUT2D eigenvalue weighted by Crippen LogP contribution is -2.48. The van der Waals surface area contributed by atoms with Crippen molar-refractivity contribution < 1.29 is 14.3 Å². The van der Waals surface area contributed by atoms with Crippen LogP contribution in [0.25, 0.3) is 0 Å². The number of halogens is 1. The molecule has 1 aliphatic carbocycles. The molecule has 0 unspecified atom stereocenters. The Balaban J connectivity index is 1.56. The first kappa shape index (κ1) is 18.1. The second-order valence-electron chi connectivity index (χ2n) is 7.74. The Morgan fingerprint density at radius 3 is 2.74 bits per heavy atom. The van der Waals surface area contributed by atoms with Crippen molar-refractivity contribution in [3.05, 3.63) is 70.5 Å². The highest BCUT2D eigenvalue weighted by Crippen LogP contribution is 2.49. The molecule has 4 rings (SSSR count). The molecule has 1 spiro atoms. The second-order valence-corrected chi connectivity index (χ2v) is 7.74. The fraction of sp³-hybridized carbons (Fsp3) is 0.409. The Morgan fingerprint density at radius 2 is 2.00 bits per heavy atom. The molecule has 2 atom stereocenters. The molecule has 2 aliphatic rings. The van der Waals surface area contributed by atoms with E-state index in [-0.39, 0.29) is 23.6 Å². The van der Waals surface area contributed by atoms with Gasteiger partial charge in [0.15, 0.2) is 0 Å². The van der Waals surface area contributed by atoms with Crippen molar-refractivity contribution in [2.24, 2.45) is 0 Å². The van der Waals surface area contributed by atoms with Crippen LogP contribution in [0, 0.1) is 12.7 Å². The molecular formula is C22H25FN2O2. The van der Waals surface area contributed by atoms with E-state index in [1.807, 2.05) is 18.2 Å². The molecule has 5 heteroatoms. The molecule has 1 heterocycles. The molecule has 1 amide bonds. The van der Waals surface area contributed by atoms with Gasteiger partial charge >= 0.3 is 0 Å². The third-order valence-electron chi connectivity index (χ3n) is 6.13. The van der Waals surface area contributed by atoms with Crippen molar-refractivity contribution >= 4 is 5.91 Å². The third-order valence-corrected chi connectivity index (χ3v) is 6.13. The number of amides is 1. The van der Waals surface area contributed by atoms with Crippen molar-refractivity contribution in [1.82, 2.24) is 10.6 Å². The van der Waals surface area contributed by atoms with E-state index < -0.39 is 12.1 Å². The van der Waals surface area contributed by atoms with E-state index in [2.05, 4.69) is 16.7 Å². The van der Waals surface area contributed by atoms with E-state index in [4.69, 9.17) is 0 Å². The molecule has 0 saturated carbocycles. The van der Waals surface area contributed by atoms with Gasteiger partial charge in [-0.25, -0.2) is 4.39 Å². The van der Waals surface area contributed by atoms with Gasteiger partial charge in [-0.15, -0.1) is 0 Å². The number of carbonyl (C=O) groups excluding carboxylic acids is 1. The van der Waals surface area contributed by atoms with Crippen LogP contribution in [-0.2, 0) is 16.6 Å². The molecule has 4 nitrogen and oxygen atoms in total. The topological polar surface area (TPSA) is 61.4 Å². The van der Waals surface area contributed by atoms with Gasteiger partial charge in [-0.3, -0.25) is 4.79 Å². The number of carbonyl (C=O) groups is 1. The van der Waals surface area contributed by atoms with Crippen LogP contribution in [0.4, 0.5) is 4.39 Å². The van der Waals surface area contributed by atoms with E-state index in [0.29, 0.717) is 11.1 Å². The van der Waals surface area contributed by atoms with Crippen molar-refractivity contribution in [2.75, 3.05) is 13.1 Å². The van der Waals surface area contributed by atoms with Gasteiger partial charge in [0, 0.05) is 5.41 Å². The number of aliphatic hydroxyl groups is 1. The van der Waals surface area contributed by atoms with Gasteiger partial charge in [0.05, 0.1) is 18.6 Å². The number of rotatable bonds is 3. The predicted octanol–water partition coefficient (Wildman–Crippen LogP) is 2.53. The lowest BCUT2D eigenvalue weighted by molar-refractivity contribution is -0.122. The van der Waals surface area contributed by atoms with Crippen LogP contribution in [0.5, 0.6) is 0 Å². The number of benzene rings is 2. The summed E-state index contributed by atoms with van der Waals surface area (Å²) >= 11 is 0. The smallest absolute Gasteiger partial charge is 0.224 e. The quantitative estimate of drug-likeness (QED) is 0.780. The van der Waals surface area contributed by atoms with Crippen LogP contribution in [0.3, 0.4) is 0 Å². The number of hydrogen-bond acceptors (Lipinski definition) is 3. The maximum absolute atomic E-state index is 13.8. The Labute approximate surface area is 158 Å². The van der Waals surface area contributed by atoms with E-state index in [1.165, 1.54) is 6.07 Å². The fourth-order valence-corrected chi connectivity index (χ4v) is 4.62. The van der Waals surface area contributed by atoms with E-state index >= 15 is 0 Å². The molecule has 3 N–H and O–H groups in total. The standard InChI is InChI=1S/C22H25FN2O2/c1-14-6-7-15(12-18(14)23)13-19(26)25-20-16-4-2-3-5-17(16)22(21(20)27)8-10-24-11-9-22/h2-7,12,20-21,24,27H,8-11,13H2,1H3,(H,25,26)/t20-,21+/m1/s1. The van der Waals surface area contributed by atoms with Gasteiger partial charge in [-0.1, -0.05) is 36.4 Å². The second kappa shape index (κ2) is 7.06. The number of hydrogen-bond donors (Lipinski definition) is 3. The minimum atomic E-state index is -0.657. The summed E-state index contributed by atoms with van der Waals surface area (Å²) in [4.78, 5) is 12.6. The van der Waals surface area contributed by atoms with Crippen molar-refractivity contribution in [1.29, 1.82) is 0 Å². The van der Waals surface area contributed by atoms with Crippen molar-refractivity contribution in [2.45, 2.75) is 43.7 Å². The maximum atomic E-state index is 13.8. The van der Waals surface area contributed by atoms with Gasteiger partial charge in [0.25, 0.3) is 0 Å². The van der Waals surface area contributed by atoms with E-state index in [1.54, 1.807) is 19.1 Å². The monoisotopic (exact) mass is 368 g/mol. The zero-order valence-corrected chi connectivity index (χ0v) is 15.5. The van der Waals surface area contributed by atoms with E-state index in [0.717, 1.165) is 37.1 Å². The highest BCUT2D eigenvalue weighted by molar-refractivity contribution is 5.79. The molecule has 0 bridgehead atoms. The highest BCUT2D eigenvalue weighted by Gasteiger charge is 2.51. The van der Waals surface area contributed by atoms with Crippen molar-refractivity contribution in [3.63, 3.8) is 0 Å². The van der Waals surface area contributed by atoms with Crippen LogP contribution in [0.1, 0.15) is 41.1 Å². The molecule has 1 saturated heterocycles. The molecule has 1 fully saturated rings. The zero-order chi connectivity index (χ0) is 19.0. The van der Waals surface area contributed by atoms with Gasteiger partial charge in [-0.2, -0.15) is 0 Å². The average Bonchev–Trinajstić information content (AvgIpc) is 2.89. The zero-order valence-electron chi connectivity index (χ0n) is 15.5. The number of aryl methyl sites for hydroxylation is 1. The van der Waals surface area contributed by atoms with E-state index in [9.17, 15) is 14.3 Å². The summed E-state index contributed by atoms with van der Waals surface area (Å²) in [6.45, 7) is 3.41. The SMILES string of the molecule is Cc1ccc(CC(=O)N[C@@H]2c3ccccc3C3(CCNCC3)[C@H]2O)cc1F. The molecular weight excluding hydrogens is 343 g/mol. The first-order valence-electron chi connectivity index (χ1n) is 9.54. The summed E-state index contributed by atoms with van der Waals surface area (Å²) < 4.78 is 13.8. The minimum Gasteiger partial charge on any atom is -0.390 e. The summed E-state index contributed by atoms with van der Waals surface area (Å²) in [6, 6.07) is 12.4. The minimum absolute atomic E-state index is 0.0944. The van der Waals surface area contributed by atoms with Gasteiger partial charge in [-0.05, 0) is 61.2 Å².